The predicted molar refractivity (Wildman–Crippen MR) is 92.5 cm³/mol. The molecule has 0 amide bonds. The van der Waals surface area contributed by atoms with Gasteiger partial charge in [0.05, 0.1) is 0 Å². The summed E-state index contributed by atoms with van der Waals surface area (Å²) in [6, 6.07) is 6.55. The molecule has 118 valence electrons. The minimum atomic E-state index is -0.291. The molecular weight excluding hydrogens is 259 g/mol. The molecule has 21 heavy (non-hydrogen) atoms. The first-order chi connectivity index (χ1) is 9.73. The van der Waals surface area contributed by atoms with E-state index in [1.54, 1.807) is 0 Å². The second-order valence-electron chi connectivity index (χ2n) is 6.86. The van der Waals surface area contributed by atoms with Gasteiger partial charge in [-0.1, -0.05) is 45.9 Å². The molecule has 1 aromatic carbocycles. The lowest BCUT2D eigenvalue weighted by Gasteiger charge is -2.26. The second kappa shape index (κ2) is 8.00. The molecule has 2 nitrogen and oxygen atoms in total. The molecule has 1 aromatic rings. The number of rotatable bonds is 7. The highest BCUT2D eigenvalue weighted by Crippen LogP contribution is 2.21. The van der Waals surface area contributed by atoms with Gasteiger partial charge in [0, 0.05) is 12.2 Å². The maximum absolute atomic E-state index is 6.11. The monoisotopic (exact) mass is 290 g/mol. The number of benzene rings is 1. The van der Waals surface area contributed by atoms with Crippen molar-refractivity contribution >= 4 is 12.6 Å². The summed E-state index contributed by atoms with van der Waals surface area (Å²) in [4.78, 5) is 0. The Kier molecular flexibility index (Phi) is 6.95. The molecule has 0 atom stereocenters. The molecule has 0 aliphatic heterocycles. The Labute approximate surface area is 131 Å². The van der Waals surface area contributed by atoms with E-state index in [2.05, 4.69) is 73.6 Å². The fourth-order valence-electron chi connectivity index (χ4n) is 2.54. The van der Waals surface area contributed by atoms with Gasteiger partial charge in [-0.05, 0) is 56.1 Å². The van der Waals surface area contributed by atoms with Crippen molar-refractivity contribution in [1.82, 2.24) is 0 Å². The predicted octanol–water partition coefficient (Wildman–Crippen LogP) is 4.48. The Morgan fingerprint density at radius 2 is 1.10 bits per heavy atom. The van der Waals surface area contributed by atoms with Crippen LogP contribution in [-0.4, -0.2) is 19.3 Å². The fraction of sp³-hybridized carbons (Fsp3) is 0.667. The topological polar surface area (TPSA) is 18.5 Å². The standard InChI is InChI=1S/C18H31BO2/c1-12(2)16-10-9-11-17(13(3)4)18(16)19(20-14(5)6)21-15(7)8/h9-15H,1-8H3. The van der Waals surface area contributed by atoms with Crippen molar-refractivity contribution < 1.29 is 9.31 Å². The SMILES string of the molecule is CC(C)OB(OC(C)C)c1c(C(C)C)cccc1C(C)C. The minimum Gasteiger partial charge on any atom is -0.405 e. The molecule has 0 N–H and O–H groups in total. The molecule has 0 unspecified atom stereocenters. The number of hydrogen-bond donors (Lipinski definition) is 0. The summed E-state index contributed by atoms with van der Waals surface area (Å²) in [5.41, 5.74) is 3.88. The maximum atomic E-state index is 6.11. The van der Waals surface area contributed by atoms with Gasteiger partial charge in [-0.3, -0.25) is 0 Å². The third kappa shape index (κ3) is 5.16. The first kappa shape index (κ1) is 18.3. The van der Waals surface area contributed by atoms with Gasteiger partial charge in [-0.15, -0.1) is 0 Å². The lowest BCUT2D eigenvalue weighted by Crippen LogP contribution is -2.45. The van der Waals surface area contributed by atoms with E-state index in [4.69, 9.17) is 9.31 Å². The zero-order valence-corrected chi connectivity index (χ0v) is 14.9. The second-order valence-corrected chi connectivity index (χ2v) is 6.86. The van der Waals surface area contributed by atoms with E-state index >= 15 is 0 Å². The highest BCUT2D eigenvalue weighted by molar-refractivity contribution is 6.62. The Bertz CT molecular complexity index is 403. The van der Waals surface area contributed by atoms with Crippen molar-refractivity contribution in [2.45, 2.75) is 79.4 Å². The Hall–Kier alpha value is -0.795. The maximum Gasteiger partial charge on any atom is 0.494 e. The van der Waals surface area contributed by atoms with Crippen molar-refractivity contribution in [1.29, 1.82) is 0 Å². The zero-order valence-electron chi connectivity index (χ0n) is 14.9. The third-order valence-electron chi connectivity index (χ3n) is 3.44. The lowest BCUT2D eigenvalue weighted by molar-refractivity contribution is 0.139. The summed E-state index contributed by atoms with van der Waals surface area (Å²) in [5, 5.41) is 0. The van der Waals surface area contributed by atoms with Crippen LogP contribution >= 0.6 is 0 Å². The van der Waals surface area contributed by atoms with Crippen LogP contribution in [-0.2, 0) is 9.31 Å². The van der Waals surface area contributed by atoms with Crippen LogP contribution in [0.1, 0.15) is 78.4 Å². The van der Waals surface area contributed by atoms with Crippen molar-refractivity contribution in [2.24, 2.45) is 0 Å². The van der Waals surface area contributed by atoms with E-state index in [1.165, 1.54) is 16.6 Å². The fourth-order valence-corrected chi connectivity index (χ4v) is 2.54. The van der Waals surface area contributed by atoms with Crippen molar-refractivity contribution in [3.05, 3.63) is 29.3 Å². The van der Waals surface area contributed by atoms with Crippen LogP contribution in [0.5, 0.6) is 0 Å². The zero-order chi connectivity index (χ0) is 16.2. The van der Waals surface area contributed by atoms with E-state index < -0.39 is 0 Å². The van der Waals surface area contributed by atoms with E-state index in [0.29, 0.717) is 11.8 Å². The summed E-state index contributed by atoms with van der Waals surface area (Å²) in [5.74, 6) is 0.903. The third-order valence-corrected chi connectivity index (χ3v) is 3.44. The van der Waals surface area contributed by atoms with Gasteiger partial charge >= 0.3 is 7.12 Å². The molecule has 0 aromatic heterocycles. The van der Waals surface area contributed by atoms with Crippen LogP contribution in [0.15, 0.2) is 18.2 Å². The molecule has 0 heterocycles. The van der Waals surface area contributed by atoms with Crippen LogP contribution in [0.25, 0.3) is 0 Å². The van der Waals surface area contributed by atoms with Crippen molar-refractivity contribution in [2.75, 3.05) is 0 Å². The molecule has 0 aliphatic rings. The van der Waals surface area contributed by atoms with Gasteiger partial charge < -0.3 is 9.31 Å². The van der Waals surface area contributed by atoms with Crippen LogP contribution in [0.2, 0.25) is 0 Å². The Balaban J connectivity index is 3.37. The van der Waals surface area contributed by atoms with Gasteiger partial charge in [0.2, 0.25) is 0 Å². The molecule has 0 aliphatic carbocycles. The average molecular weight is 290 g/mol. The lowest BCUT2D eigenvalue weighted by atomic mass is 9.68. The average Bonchev–Trinajstić information content (AvgIpc) is 2.35. The molecule has 3 heteroatoms. The van der Waals surface area contributed by atoms with Gasteiger partial charge in [0.25, 0.3) is 0 Å². The molecule has 0 spiro atoms. The summed E-state index contributed by atoms with van der Waals surface area (Å²) < 4.78 is 12.2. The van der Waals surface area contributed by atoms with Crippen LogP contribution in [0, 0.1) is 0 Å². The van der Waals surface area contributed by atoms with Crippen molar-refractivity contribution in [3.8, 4) is 0 Å². The normalized spacial score (nSPS) is 12.0. The molecule has 1 rings (SSSR count). The van der Waals surface area contributed by atoms with Crippen molar-refractivity contribution in [3.63, 3.8) is 0 Å². The van der Waals surface area contributed by atoms with E-state index in [-0.39, 0.29) is 19.3 Å². The molecule has 0 radical (unpaired) electrons. The first-order valence-corrected chi connectivity index (χ1v) is 8.17. The molecule has 0 saturated carbocycles. The van der Waals surface area contributed by atoms with E-state index in [9.17, 15) is 0 Å². The Morgan fingerprint density at radius 3 is 1.38 bits per heavy atom. The van der Waals surface area contributed by atoms with E-state index in [0.717, 1.165) is 0 Å². The highest BCUT2D eigenvalue weighted by Gasteiger charge is 2.30. The quantitative estimate of drug-likeness (QED) is 0.689. The number of hydrogen-bond acceptors (Lipinski definition) is 2. The van der Waals surface area contributed by atoms with Crippen LogP contribution in [0.3, 0.4) is 0 Å². The smallest absolute Gasteiger partial charge is 0.405 e. The largest absolute Gasteiger partial charge is 0.494 e. The summed E-state index contributed by atoms with van der Waals surface area (Å²) in [6.45, 7) is 17.1. The van der Waals surface area contributed by atoms with Crippen LogP contribution in [0.4, 0.5) is 0 Å². The van der Waals surface area contributed by atoms with Crippen LogP contribution < -0.4 is 5.46 Å². The van der Waals surface area contributed by atoms with Gasteiger partial charge in [0.15, 0.2) is 0 Å². The molecule has 0 bridgehead atoms. The summed E-state index contributed by atoms with van der Waals surface area (Å²) >= 11 is 0. The van der Waals surface area contributed by atoms with Gasteiger partial charge in [-0.2, -0.15) is 0 Å². The summed E-state index contributed by atoms with van der Waals surface area (Å²) in [7, 11) is -0.291. The summed E-state index contributed by atoms with van der Waals surface area (Å²) in [6.07, 6.45) is 0.267. The van der Waals surface area contributed by atoms with Gasteiger partial charge in [0.1, 0.15) is 0 Å². The molecule has 0 saturated heterocycles. The highest BCUT2D eigenvalue weighted by atomic mass is 16.6. The first-order valence-electron chi connectivity index (χ1n) is 8.17. The van der Waals surface area contributed by atoms with Gasteiger partial charge in [-0.25, -0.2) is 0 Å². The molecular formula is C18H31BO2. The molecule has 0 fully saturated rings. The van der Waals surface area contributed by atoms with E-state index in [1.807, 2.05) is 0 Å². The Morgan fingerprint density at radius 1 is 0.714 bits per heavy atom. The minimum absolute atomic E-state index is 0.133.